The molecule has 0 saturated carbocycles. The topological polar surface area (TPSA) is 20.2 Å². The second kappa shape index (κ2) is 35.4. The van der Waals surface area contributed by atoms with Gasteiger partial charge in [-0.2, -0.15) is 0 Å². The maximum absolute atomic E-state index is 10.5. The Kier molecular flexibility index (Phi) is 37.2. The molecule has 0 rings (SSSR count). The molecule has 0 aromatic rings. The zero-order valence-electron chi connectivity index (χ0n) is 29.6. The number of aliphatic hydroxyl groups excluding tert-OH is 1. The molecule has 0 saturated heterocycles. The summed E-state index contributed by atoms with van der Waals surface area (Å²) in [4.78, 5) is 0. The largest absolute Gasteiger partial charge is 1.00 e. The molecule has 0 aliphatic rings. The van der Waals surface area contributed by atoms with Crippen molar-refractivity contribution < 1.29 is 22.0 Å². The van der Waals surface area contributed by atoms with E-state index < -0.39 is 0 Å². The van der Waals surface area contributed by atoms with Gasteiger partial charge in [-0.15, -0.1) is 0 Å². The normalized spacial score (nSPS) is 13.8. The predicted octanol–water partition coefficient (Wildman–Crippen LogP) is 10.1. The van der Waals surface area contributed by atoms with Crippen LogP contribution in [0.4, 0.5) is 0 Å². The molecule has 0 radical (unpaired) electrons. The summed E-state index contributed by atoms with van der Waals surface area (Å²) in [7, 11) is 2.29. The van der Waals surface area contributed by atoms with Gasteiger partial charge in [0.2, 0.25) is 0 Å². The van der Waals surface area contributed by atoms with Gasteiger partial charge in [0.1, 0.15) is 0 Å². The summed E-state index contributed by atoms with van der Waals surface area (Å²) in [6.45, 7) is 8.87. The van der Waals surface area contributed by atoms with Crippen molar-refractivity contribution in [3.63, 3.8) is 0 Å². The molecule has 0 amide bonds. The van der Waals surface area contributed by atoms with Crippen molar-refractivity contribution in [2.45, 2.75) is 220 Å². The van der Waals surface area contributed by atoms with Gasteiger partial charge in [0.05, 0.1) is 20.1 Å². The Labute approximate surface area is 273 Å². The first-order chi connectivity index (χ1) is 20.1. The summed E-state index contributed by atoms with van der Waals surface area (Å²) >= 11 is 0. The predicted molar refractivity (Wildman–Crippen MR) is 187 cm³/mol. The van der Waals surface area contributed by atoms with Crippen LogP contribution in [0.15, 0.2) is 12.2 Å². The SMILES string of the molecule is CCCCCCCC/C=C\CCCCCCCC[N+](C)(CCCCCCCCCCCCCCCCCC)C(C)O.[Cl-]. The van der Waals surface area contributed by atoms with Crippen LogP contribution in [-0.2, 0) is 0 Å². The summed E-state index contributed by atoms with van der Waals surface area (Å²) in [5.74, 6) is 0. The molecular weight excluding hydrogens is 534 g/mol. The quantitative estimate of drug-likeness (QED) is 0.0331. The van der Waals surface area contributed by atoms with Crippen LogP contribution in [0.25, 0.3) is 0 Å². The minimum Gasteiger partial charge on any atom is -1.00 e. The zero-order chi connectivity index (χ0) is 30.1. The summed E-state index contributed by atoms with van der Waals surface area (Å²) in [5, 5.41) is 10.5. The van der Waals surface area contributed by atoms with Crippen molar-refractivity contribution in [2.75, 3.05) is 20.1 Å². The van der Waals surface area contributed by atoms with Crippen molar-refractivity contribution in [2.24, 2.45) is 0 Å². The lowest BCUT2D eigenvalue weighted by molar-refractivity contribution is -0.952. The molecule has 0 heterocycles. The molecule has 0 fully saturated rings. The van der Waals surface area contributed by atoms with E-state index >= 15 is 0 Å². The number of hydrogen-bond acceptors (Lipinski definition) is 1. The maximum Gasteiger partial charge on any atom is 0.187 e. The highest BCUT2D eigenvalue weighted by Crippen LogP contribution is 2.18. The zero-order valence-corrected chi connectivity index (χ0v) is 30.4. The Morgan fingerprint density at radius 2 is 0.667 bits per heavy atom. The van der Waals surface area contributed by atoms with Crippen LogP contribution in [0.5, 0.6) is 0 Å². The highest BCUT2D eigenvalue weighted by Gasteiger charge is 2.26. The van der Waals surface area contributed by atoms with Crippen LogP contribution >= 0.6 is 0 Å². The number of nitrogens with zero attached hydrogens (tertiary/aromatic N) is 1. The molecule has 0 bridgehead atoms. The minimum atomic E-state index is -0.241. The summed E-state index contributed by atoms with van der Waals surface area (Å²) in [5.41, 5.74) is 0. The molecule has 2 atom stereocenters. The molecule has 0 aromatic carbocycles. The van der Waals surface area contributed by atoms with Crippen molar-refractivity contribution in [3.05, 3.63) is 12.2 Å². The van der Waals surface area contributed by atoms with Crippen molar-refractivity contribution in [1.29, 1.82) is 0 Å². The second-order valence-corrected chi connectivity index (χ2v) is 13.8. The molecule has 0 aromatic heterocycles. The van der Waals surface area contributed by atoms with Crippen LogP contribution in [-0.4, -0.2) is 36.0 Å². The van der Waals surface area contributed by atoms with Gasteiger partial charge >= 0.3 is 0 Å². The van der Waals surface area contributed by atoms with E-state index in [0.29, 0.717) is 0 Å². The fraction of sp³-hybridized carbons (Fsp3) is 0.949. The number of allylic oxidation sites excluding steroid dienone is 2. The Balaban J connectivity index is 0. The summed E-state index contributed by atoms with van der Waals surface area (Å²) < 4.78 is 0.849. The van der Waals surface area contributed by atoms with Gasteiger partial charge in [-0.3, -0.25) is 0 Å². The molecule has 0 aliphatic heterocycles. The van der Waals surface area contributed by atoms with Gasteiger partial charge in [0, 0.05) is 6.92 Å². The number of rotatable bonds is 34. The third-order valence-electron chi connectivity index (χ3n) is 9.61. The monoisotopic (exact) mass is 614 g/mol. The Hall–Kier alpha value is -0.0500. The maximum atomic E-state index is 10.5. The first-order valence-corrected chi connectivity index (χ1v) is 19.2. The van der Waals surface area contributed by atoms with E-state index in [2.05, 4.69) is 33.0 Å². The number of unbranched alkanes of at least 4 members (excludes halogenated alkanes) is 27. The highest BCUT2D eigenvalue weighted by molar-refractivity contribution is 4.81. The van der Waals surface area contributed by atoms with E-state index in [1.807, 2.05) is 6.92 Å². The van der Waals surface area contributed by atoms with Gasteiger partial charge < -0.3 is 22.0 Å². The number of quaternary nitrogens is 1. The highest BCUT2D eigenvalue weighted by atomic mass is 35.5. The first-order valence-electron chi connectivity index (χ1n) is 19.2. The van der Waals surface area contributed by atoms with Gasteiger partial charge in [0.15, 0.2) is 6.23 Å². The summed E-state index contributed by atoms with van der Waals surface area (Å²) in [6.07, 6.45) is 46.3. The van der Waals surface area contributed by atoms with Crippen molar-refractivity contribution in [3.8, 4) is 0 Å². The van der Waals surface area contributed by atoms with Crippen molar-refractivity contribution >= 4 is 0 Å². The Morgan fingerprint density at radius 1 is 0.429 bits per heavy atom. The van der Waals surface area contributed by atoms with Crippen molar-refractivity contribution in [1.82, 2.24) is 0 Å². The minimum absolute atomic E-state index is 0. The van der Waals surface area contributed by atoms with Crippen LogP contribution in [0.2, 0.25) is 0 Å². The number of aliphatic hydroxyl groups is 1. The van der Waals surface area contributed by atoms with E-state index in [9.17, 15) is 5.11 Å². The molecule has 254 valence electrons. The third kappa shape index (κ3) is 31.4. The van der Waals surface area contributed by atoms with Gasteiger partial charge in [-0.1, -0.05) is 167 Å². The Morgan fingerprint density at radius 3 is 0.929 bits per heavy atom. The molecule has 2 unspecified atom stereocenters. The Bertz CT molecular complexity index is 523. The van der Waals surface area contributed by atoms with Crippen LogP contribution in [0.3, 0.4) is 0 Å². The van der Waals surface area contributed by atoms with Gasteiger partial charge in [-0.25, -0.2) is 0 Å². The lowest BCUT2D eigenvalue weighted by Gasteiger charge is -2.37. The van der Waals surface area contributed by atoms with Crippen LogP contribution in [0.1, 0.15) is 213 Å². The second-order valence-electron chi connectivity index (χ2n) is 13.8. The van der Waals surface area contributed by atoms with E-state index in [0.717, 1.165) is 17.6 Å². The molecular formula is C39H80ClNO. The van der Waals surface area contributed by atoms with E-state index in [4.69, 9.17) is 0 Å². The molecule has 3 heteroatoms. The lowest BCUT2D eigenvalue weighted by Crippen LogP contribution is -3.00. The van der Waals surface area contributed by atoms with E-state index in [1.165, 1.54) is 193 Å². The fourth-order valence-corrected chi connectivity index (χ4v) is 6.23. The fourth-order valence-electron chi connectivity index (χ4n) is 6.23. The molecule has 2 nitrogen and oxygen atoms in total. The molecule has 42 heavy (non-hydrogen) atoms. The molecule has 0 aliphatic carbocycles. The number of halogens is 1. The first kappa shape index (κ1) is 44.1. The van der Waals surface area contributed by atoms with Crippen LogP contribution < -0.4 is 12.4 Å². The lowest BCUT2D eigenvalue weighted by atomic mass is 10.0. The number of hydrogen-bond donors (Lipinski definition) is 1. The van der Waals surface area contributed by atoms with Gasteiger partial charge in [-0.05, 0) is 51.4 Å². The average Bonchev–Trinajstić information content (AvgIpc) is 2.96. The van der Waals surface area contributed by atoms with E-state index in [-0.39, 0.29) is 18.6 Å². The van der Waals surface area contributed by atoms with Gasteiger partial charge in [0.25, 0.3) is 0 Å². The average molecular weight is 615 g/mol. The molecule has 0 spiro atoms. The van der Waals surface area contributed by atoms with Crippen LogP contribution in [0, 0.1) is 0 Å². The summed E-state index contributed by atoms with van der Waals surface area (Å²) in [6, 6.07) is 0. The molecule has 1 N–H and O–H groups in total. The third-order valence-corrected chi connectivity index (χ3v) is 9.61. The standard InChI is InChI=1S/C39H80NO.ClH/c1-5-7-9-11-13-15-17-19-21-23-25-27-29-31-33-35-37-40(4,39(3)41)38-36-34-32-30-28-26-24-22-20-18-16-14-12-10-8-6-2;/h19,21,39,41H,5-18,20,22-38H2,1-4H3;1H/q+1;/p-1/b21-19-;. The smallest absolute Gasteiger partial charge is 0.187 e. The van der Waals surface area contributed by atoms with E-state index in [1.54, 1.807) is 0 Å².